The topological polar surface area (TPSA) is 75.1 Å². The van der Waals surface area contributed by atoms with Crippen molar-refractivity contribution in [2.75, 3.05) is 5.32 Å². The molecular weight excluding hydrogens is 242 g/mol. The zero-order valence-corrected chi connectivity index (χ0v) is 10.8. The molecular formula is C14H15N3O2. The summed E-state index contributed by atoms with van der Waals surface area (Å²) in [5.41, 5.74) is 1.97. The van der Waals surface area contributed by atoms with E-state index in [1.807, 2.05) is 12.1 Å². The Kier molecular flexibility index (Phi) is 3.75. The first kappa shape index (κ1) is 13.0. The van der Waals surface area contributed by atoms with E-state index in [9.17, 15) is 4.79 Å². The standard InChI is InChI=1S/C14H15N3O2/c1-9(2)12-7-8-13(17-16-12)15-11-5-3-10(4-6-11)14(18)19/h3-9H,1-2H3,(H,15,17)(H,18,19). The van der Waals surface area contributed by atoms with Crippen LogP contribution in [0.4, 0.5) is 11.5 Å². The Morgan fingerprint density at radius 1 is 1.11 bits per heavy atom. The van der Waals surface area contributed by atoms with Gasteiger partial charge in [0.15, 0.2) is 5.82 Å². The van der Waals surface area contributed by atoms with Crippen LogP contribution in [0, 0.1) is 0 Å². The highest BCUT2D eigenvalue weighted by Gasteiger charge is 2.04. The Hall–Kier alpha value is -2.43. The average Bonchev–Trinajstić information content (AvgIpc) is 2.40. The first-order valence-electron chi connectivity index (χ1n) is 6.00. The second kappa shape index (κ2) is 5.48. The van der Waals surface area contributed by atoms with Gasteiger partial charge in [0.2, 0.25) is 0 Å². The molecule has 2 rings (SSSR count). The van der Waals surface area contributed by atoms with Crippen LogP contribution in [0.15, 0.2) is 36.4 Å². The molecule has 0 amide bonds. The molecule has 0 aliphatic carbocycles. The summed E-state index contributed by atoms with van der Waals surface area (Å²) in [6.45, 7) is 4.11. The van der Waals surface area contributed by atoms with E-state index in [-0.39, 0.29) is 5.56 Å². The van der Waals surface area contributed by atoms with Gasteiger partial charge >= 0.3 is 5.97 Å². The van der Waals surface area contributed by atoms with Crippen molar-refractivity contribution < 1.29 is 9.90 Å². The maximum Gasteiger partial charge on any atom is 0.335 e. The third-order valence-corrected chi connectivity index (χ3v) is 2.68. The summed E-state index contributed by atoms with van der Waals surface area (Å²) < 4.78 is 0. The molecule has 0 fully saturated rings. The first-order chi connectivity index (χ1) is 9.06. The summed E-state index contributed by atoms with van der Waals surface area (Å²) in [5, 5.41) is 20.1. The number of hydrogen-bond acceptors (Lipinski definition) is 4. The summed E-state index contributed by atoms with van der Waals surface area (Å²) in [6.07, 6.45) is 0. The highest BCUT2D eigenvalue weighted by molar-refractivity contribution is 5.88. The molecule has 5 heteroatoms. The maximum atomic E-state index is 10.7. The van der Waals surface area contributed by atoms with Gasteiger partial charge in [-0.15, -0.1) is 5.10 Å². The smallest absolute Gasteiger partial charge is 0.335 e. The van der Waals surface area contributed by atoms with Crippen molar-refractivity contribution in [1.82, 2.24) is 10.2 Å². The van der Waals surface area contributed by atoms with E-state index in [1.165, 1.54) is 0 Å². The number of rotatable bonds is 4. The maximum absolute atomic E-state index is 10.7. The van der Waals surface area contributed by atoms with E-state index in [2.05, 4.69) is 29.4 Å². The fourth-order valence-corrected chi connectivity index (χ4v) is 1.56. The number of nitrogens with zero attached hydrogens (tertiary/aromatic N) is 2. The van der Waals surface area contributed by atoms with Crippen LogP contribution in [-0.2, 0) is 0 Å². The molecule has 0 spiro atoms. The Morgan fingerprint density at radius 2 is 1.79 bits per heavy atom. The monoisotopic (exact) mass is 257 g/mol. The molecule has 0 aliphatic heterocycles. The molecule has 0 radical (unpaired) electrons. The number of benzene rings is 1. The van der Waals surface area contributed by atoms with Crippen LogP contribution in [0.25, 0.3) is 0 Å². The Bertz CT molecular complexity index is 562. The summed E-state index contributed by atoms with van der Waals surface area (Å²) in [6, 6.07) is 10.3. The van der Waals surface area contributed by atoms with Crippen molar-refractivity contribution in [2.24, 2.45) is 0 Å². The third kappa shape index (κ3) is 3.28. The fraction of sp³-hybridized carbons (Fsp3) is 0.214. The van der Waals surface area contributed by atoms with Crippen LogP contribution in [-0.4, -0.2) is 21.3 Å². The lowest BCUT2D eigenvalue weighted by molar-refractivity contribution is 0.0697. The minimum atomic E-state index is -0.937. The van der Waals surface area contributed by atoms with Crippen molar-refractivity contribution in [3.05, 3.63) is 47.7 Å². The molecule has 1 heterocycles. The van der Waals surface area contributed by atoms with Crippen LogP contribution in [0.1, 0.15) is 35.8 Å². The van der Waals surface area contributed by atoms with E-state index in [0.29, 0.717) is 11.7 Å². The summed E-state index contributed by atoms with van der Waals surface area (Å²) >= 11 is 0. The molecule has 5 nitrogen and oxygen atoms in total. The molecule has 19 heavy (non-hydrogen) atoms. The van der Waals surface area contributed by atoms with Crippen LogP contribution < -0.4 is 5.32 Å². The largest absolute Gasteiger partial charge is 0.478 e. The SMILES string of the molecule is CC(C)c1ccc(Nc2ccc(C(=O)O)cc2)nn1. The second-order valence-electron chi connectivity index (χ2n) is 4.51. The molecule has 0 saturated heterocycles. The molecule has 0 bridgehead atoms. The lowest BCUT2D eigenvalue weighted by Gasteiger charge is -2.07. The van der Waals surface area contributed by atoms with Gasteiger partial charge in [0.25, 0.3) is 0 Å². The normalized spacial score (nSPS) is 10.5. The van der Waals surface area contributed by atoms with E-state index in [4.69, 9.17) is 5.11 Å². The number of aromatic carboxylic acids is 1. The van der Waals surface area contributed by atoms with Crippen molar-refractivity contribution in [1.29, 1.82) is 0 Å². The van der Waals surface area contributed by atoms with Crippen molar-refractivity contribution >= 4 is 17.5 Å². The Labute approximate surface area is 111 Å². The molecule has 0 aliphatic rings. The van der Waals surface area contributed by atoms with Gasteiger partial charge < -0.3 is 10.4 Å². The molecule has 2 N–H and O–H groups in total. The van der Waals surface area contributed by atoms with Crippen LogP contribution >= 0.6 is 0 Å². The summed E-state index contributed by atoms with van der Waals surface area (Å²) in [5.74, 6) is 0.0384. The zero-order chi connectivity index (χ0) is 13.8. The predicted molar refractivity (Wildman–Crippen MR) is 72.8 cm³/mol. The zero-order valence-electron chi connectivity index (χ0n) is 10.8. The minimum absolute atomic E-state index is 0.256. The van der Waals surface area contributed by atoms with E-state index >= 15 is 0 Å². The van der Waals surface area contributed by atoms with E-state index < -0.39 is 5.97 Å². The average molecular weight is 257 g/mol. The Balaban J connectivity index is 2.10. The van der Waals surface area contributed by atoms with Gasteiger partial charge in [-0.3, -0.25) is 0 Å². The van der Waals surface area contributed by atoms with Crippen molar-refractivity contribution in [3.63, 3.8) is 0 Å². The number of carboxylic acids is 1. The van der Waals surface area contributed by atoms with Gasteiger partial charge in [-0.1, -0.05) is 13.8 Å². The third-order valence-electron chi connectivity index (χ3n) is 2.68. The van der Waals surface area contributed by atoms with Gasteiger partial charge in [-0.2, -0.15) is 5.10 Å². The number of hydrogen-bond donors (Lipinski definition) is 2. The number of nitrogens with one attached hydrogen (secondary N) is 1. The summed E-state index contributed by atoms with van der Waals surface area (Å²) in [4.78, 5) is 10.7. The molecule has 2 aromatic rings. The lowest BCUT2D eigenvalue weighted by atomic mass is 10.1. The minimum Gasteiger partial charge on any atom is -0.478 e. The van der Waals surface area contributed by atoms with E-state index in [0.717, 1.165) is 11.4 Å². The van der Waals surface area contributed by atoms with Gasteiger partial charge in [0.1, 0.15) is 0 Å². The quantitative estimate of drug-likeness (QED) is 0.880. The predicted octanol–water partition coefficient (Wildman–Crippen LogP) is 3.04. The molecule has 0 unspecified atom stereocenters. The fourth-order valence-electron chi connectivity index (χ4n) is 1.56. The molecule has 1 aromatic heterocycles. The van der Waals surface area contributed by atoms with Crippen LogP contribution in [0.5, 0.6) is 0 Å². The highest BCUT2D eigenvalue weighted by Crippen LogP contribution is 2.16. The Morgan fingerprint density at radius 3 is 2.26 bits per heavy atom. The van der Waals surface area contributed by atoms with Crippen LogP contribution in [0.3, 0.4) is 0 Å². The van der Waals surface area contributed by atoms with Gasteiger partial charge in [0.05, 0.1) is 11.3 Å². The number of carbonyl (C=O) groups is 1. The molecule has 0 atom stereocenters. The first-order valence-corrected chi connectivity index (χ1v) is 6.00. The number of carboxylic acid groups (broad SMARTS) is 1. The van der Waals surface area contributed by atoms with Gasteiger partial charge in [0, 0.05) is 5.69 Å². The molecule has 0 saturated carbocycles. The lowest BCUT2D eigenvalue weighted by Crippen LogP contribution is -2.00. The van der Waals surface area contributed by atoms with Gasteiger partial charge in [-0.25, -0.2) is 4.79 Å². The molecule has 1 aromatic carbocycles. The van der Waals surface area contributed by atoms with Crippen molar-refractivity contribution in [2.45, 2.75) is 19.8 Å². The van der Waals surface area contributed by atoms with Gasteiger partial charge in [-0.05, 0) is 42.3 Å². The second-order valence-corrected chi connectivity index (χ2v) is 4.51. The highest BCUT2D eigenvalue weighted by atomic mass is 16.4. The number of aromatic nitrogens is 2. The van der Waals surface area contributed by atoms with E-state index in [1.54, 1.807) is 24.3 Å². The summed E-state index contributed by atoms with van der Waals surface area (Å²) in [7, 11) is 0. The molecule has 98 valence electrons. The number of anilines is 2. The van der Waals surface area contributed by atoms with Crippen molar-refractivity contribution in [3.8, 4) is 0 Å². The van der Waals surface area contributed by atoms with Crippen LogP contribution in [0.2, 0.25) is 0 Å².